The topological polar surface area (TPSA) is 18.5 Å². The molecule has 1 aromatic rings. The molecule has 0 amide bonds. The quantitative estimate of drug-likeness (QED) is 0.690. The summed E-state index contributed by atoms with van der Waals surface area (Å²) in [6.07, 6.45) is 0. The first-order chi connectivity index (χ1) is 7.15. The summed E-state index contributed by atoms with van der Waals surface area (Å²) in [5.74, 6) is 2.11. The highest BCUT2D eigenvalue weighted by Crippen LogP contribution is 2.25. The fraction of sp³-hybridized carbons (Fsp3) is 0.538. The van der Waals surface area contributed by atoms with Gasteiger partial charge in [0.05, 0.1) is 0 Å². The summed E-state index contributed by atoms with van der Waals surface area (Å²) in [6, 6.07) is 8.23. The van der Waals surface area contributed by atoms with Gasteiger partial charge in [0.1, 0.15) is 5.75 Å². The Morgan fingerprint density at radius 3 is 2.13 bits per heavy atom. The summed E-state index contributed by atoms with van der Waals surface area (Å²) >= 11 is 0. The Labute approximate surface area is 92.2 Å². The summed E-state index contributed by atoms with van der Waals surface area (Å²) < 4.78 is 10.2. The molecule has 0 spiro atoms. The number of hydrogen-bond acceptors (Lipinski definition) is 2. The minimum atomic E-state index is 0.305. The molecule has 0 aliphatic rings. The predicted molar refractivity (Wildman–Crippen MR) is 62.2 cm³/mol. The van der Waals surface area contributed by atoms with Crippen molar-refractivity contribution in [2.75, 3.05) is 13.9 Å². The van der Waals surface area contributed by atoms with E-state index in [4.69, 9.17) is 9.47 Å². The molecule has 1 rings (SSSR count). The molecule has 0 aromatic heterocycles. The first-order valence-electron chi connectivity index (χ1n) is 5.37. The van der Waals surface area contributed by atoms with Gasteiger partial charge in [0, 0.05) is 7.11 Å². The minimum absolute atomic E-state index is 0.305. The lowest BCUT2D eigenvalue weighted by molar-refractivity contribution is 0.0511. The van der Waals surface area contributed by atoms with E-state index in [9.17, 15) is 0 Å². The first kappa shape index (κ1) is 12.1. The lowest BCUT2D eigenvalue weighted by Gasteiger charge is -2.16. The van der Waals surface area contributed by atoms with E-state index in [0.717, 1.165) is 5.75 Å². The highest BCUT2D eigenvalue weighted by Gasteiger charge is 2.09. The minimum Gasteiger partial charge on any atom is -0.468 e. The Kier molecular flexibility index (Phi) is 4.63. The molecule has 0 bridgehead atoms. The molecule has 0 heterocycles. The van der Waals surface area contributed by atoms with Crippen LogP contribution in [0.4, 0.5) is 0 Å². The molecule has 0 radical (unpaired) electrons. The van der Waals surface area contributed by atoms with Gasteiger partial charge in [-0.2, -0.15) is 0 Å². The van der Waals surface area contributed by atoms with Gasteiger partial charge in [-0.3, -0.25) is 0 Å². The molecule has 15 heavy (non-hydrogen) atoms. The average Bonchev–Trinajstić information content (AvgIpc) is 2.26. The average molecular weight is 208 g/mol. The van der Waals surface area contributed by atoms with Crippen molar-refractivity contribution >= 4 is 0 Å². The van der Waals surface area contributed by atoms with Crippen molar-refractivity contribution in [3.63, 3.8) is 0 Å². The second kappa shape index (κ2) is 5.76. The van der Waals surface area contributed by atoms with Gasteiger partial charge in [-0.15, -0.1) is 0 Å². The maximum absolute atomic E-state index is 5.33. The van der Waals surface area contributed by atoms with Gasteiger partial charge in [-0.1, -0.05) is 32.9 Å². The van der Waals surface area contributed by atoms with Crippen LogP contribution in [0.2, 0.25) is 0 Å². The second-order valence-corrected chi connectivity index (χ2v) is 4.15. The molecule has 2 nitrogen and oxygen atoms in total. The molecule has 0 aliphatic carbocycles. The molecule has 84 valence electrons. The van der Waals surface area contributed by atoms with Crippen LogP contribution in [0.15, 0.2) is 24.3 Å². The molecule has 2 heteroatoms. The van der Waals surface area contributed by atoms with E-state index in [1.807, 2.05) is 12.1 Å². The molecule has 1 atom stereocenters. The zero-order valence-corrected chi connectivity index (χ0v) is 9.99. The van der Waals surface area contributed by atoms with E-state index in [-0.39, 0.29) is 0 Å². The third-order valence-electron chi connectivity index (χ3n) is 2.75. The summed E-state index contributed by atoms with van der Waals surface area (Å²) in [6.45, 7) is 7.02. The van der Waals surface area contributed by atoms with Crippen molar-refractivity contribution in [1.82, 2.24) is 0 Å². The fourth-order valence-electron chi connectivity index (χ4n) is 1.38. The second-order valence-electron chi connectivity index (χ2n) is 4.15. The van der Waals surface area contributed by atoms with E-state index in [0.29, 0.717) is 18.6 Å². The number of benzene rings is 1. The Bertz CT molecular complexity index is 277. The van der Waals surface area contributed by atoms with Crippen molar-refractivity contribution in [3.8, 4) is 5.75 Å². The molecule has 0 N–H and O–H groups in total. The van der Waals surface area contributed by atoms with Crippen LogP contribution >= 0.6 is 0 Å². The first-order valence-corrected chi connectivity index (χ1v) is 5.37. The highest BCUT2D eigenvalue weighted by molar-refractivity contribution is 5.29. The SMILES string of the molecule is COCOc1ccc(C(C)C(C)C)cc1. The number of hydrogen-bond donors (Lipinski definition) is 0. The monoisotopic (exact) mass is 208 g/mol. The maximum atomic E-state index is 5.33. The standard InChI is InChI=1S/C13H20O2/c1-10(2)11(3)12-5-7-13(8-6-12)15-9-14-4/h5-8,10-11H,9H2,1-4H3. The Balaban J connectivity index is 2.63. The molecule has 0 saturated carbocycles. The van der Waals surface area contributed by atoms with Crippen LogP contribution in [-0.2, 0) is 4.74 Å². The summed E-state index contributed by atoms with van der Waals surface area (Å²) in [5, 5.41) is 0. The molecule has 0 aliphatic heterocycles. The number of methoxy groups -OCH3 is 1. The van der Waals surface area contributed by atoms with Crippen LogP contribution < -0.4 is 4.74 Å². The van der Waals surface area contributed by atoms with Gasteiger partial charge < -0.3 is 9.47 Å². The fourth-order valence-corrected chi connectivity index (χ4v) is 1.38. The van der Waals surface area contributed by atoms with Gasteiger partial charge in [-0.05, 0) is 29.5 Å². The zero-order chi connectivity index (χ0) is 11.3. The normalized spacial score (nSPS) is 12.9. The largest absolute Gasteiger partial charge is 0.468 e. The van der Waals surface area contributed by atoms with Crippen molar-refractivity contribution in [3.05, 3.63) is 29.8 Å². The van der Waals surface area contributed by atoms with Crippen LogP contribution in [0.25, 0.3) is 0 Å². The van der Waals surface area contributed by atoms with Gasteiger partial charge in [0.2, 0.25) is 0 Å². The van der Waals surface area contributed by atoms with Crippen LogP contribution in [0.3, 0.4) is 0 Å². The van der Waals surface area contributed by atoms with Gasteiger partial charge in [0.25, 0.3) is 0 Å². The van der Waals surface area contributed by atoms with E-state index in [2.05, 4.69) is 32.9 Å². The van der Waals surface area contributed by atoms with Crippen LogP contribution in [0.5, 0.6) is 5.75 Å². The third kappa shape index (κ3) is 3.56. The Morgan fingerprint density at radius 1 is 1.07 bits per heavy atom. The summed E-state index contributed by atoms with van der Waals surface area (Å²) in [7, 11) is 1.62. The third-order valence-corrected chi connectivity index (χ3v) is 2.75. The van der Waals surface area contributed by atoms with E-state index in [1.54, 1.807) is 7.11 Å². The van der Waals surface area contributed by atoms with Crippen LogP contribution in [0, 0.1) is 5.92 Å². The van der Waals surface area contributed by atoms with Crippen molar-refractivity contribution < 1.29 is 9.47 Å². The van der Waals surface area contributed by atoms with E-state index < -0.39 is 0 Å². The smallest absolute Gasteiger partial charge is 0.188 e. The maximum Gasteiger partial charge on any atom is 0.188 e. The van der Waals surface area contributed by atoms with E-state index >= 15 is 0 Å². The van der Waals surface area contributed by atoms with Gasteiger partial charge >= 0.3 is 0 Å². The molecular weight excluding hydrogens is 188 g/mol. The van der Waals surface area contributed by atoms with Crippen LogP contribution in [0.1, 0.15) is 32.3 Å². The number of rotatable bonds is 5. The Hall–Kier alpha value is -1.02. The molecule has 0 fully saturated rings. The highest BCUT2D eigenvalue weighted by atomic mass is 16.7. The van der Waals surface area contributed by atoms with Crippen molar-refractivity contribution in [2.24, 2.45) is 5.92 Å². The molecule has 1 aromatic carbocycles. The van der Waals surface area contributed by atoms with Crippen molar-refractivity contribution in [2.45, 2.75) is 26.7 Å². The summed E-state index contributed by atoms with van der Waals surface area (Å²) in [5.41, 5.74) is 1.36. The lowest BCUT2D eigenvalue weighted by atomic mass is 9.90. The molecular formula is C13H20O2. The van der Waals surface area contributed by atoms with Gasteiger partial charge in [0.15, 0.2) is 6.79 Å². The molecule has 1 unspecified atom stereocenters. The van der Waals surface area contributed by atoms with Crippen molar-refractivity contribution in [1.29, 1.82) is 0 Å². The predicted octanol–water partition coefficient (Wildman–Crippen LogP) is 3.43. The summed E-state index contributed by atoms with van der Waals surface area (Å²) in [4.78, 5) is 0. The zero-order valence-electron chi connectivity index (χ0n) is 9.99. The Morgan fingerprint density at radius 2 is 1.67 bits per heavy atom. The van der Waals surface area contributed by atoms with Gasteiger partial charge in [-0.25, -0.2) is 0 Å². The molecule has 0 saturated heterocycles. The van der Waals surface area contributed by atoms with E-state index in [1.165, 1.54) is 5.56 Å². The van der Waals surface area contributed by atoms with Crippen LogP contribution in [-0.4, -0.2) is 13.9 Å². The number of ether oxygens (including phenoxy) is 2. The lowest BCUT2D eigenvalue weighted by Crippen LogP contribution is -2.02.